The Hall–Kier alpha value is -0.570. The molecule has 1 aliphatic rings. The van der Waals surface area contributed by atoms with Gasteiger partial charge < -0.3 is 10.6 Å². The van der Waals surface area contributed by atoms with Gasteiger partial charge in [-0.3, -0.25) is 4.79 Å². The van der Waals surface area contributed by atoms with Crippen molar-refractivity contribution in [3.8, 4) is 0 Å². The molecule has 0 saturated carbocycles. The second-order valence-corrected chi connectivity index (χ2v) is 6.56. The Morgan fingerprint density at radius 3 is 2.44 bits per heavy atom. The van der Waals surface area contributed by atoms with Crippen molar-refractivity contribution in [2.75, 3.05) is 6.54 Å². The zero-order valence-corrected chi connectivity index (χ0v) is 11.3. The van der Waals surface area contributed by atoms with Crippen molar-refractivity contribution >= 4 is 5.91 Å². The lowest BCUT2D eigenvalue weighted by molar-refractivity contribution is -0.126. The molecule has 2 atom stereocenters. The molecule has 1 saturated heterocycles. The highest BCUT2D eigenvalue weighted by Crippen LogP contribution is 2.22. The van der Waals surface area contributed by atoms with E-state index in [1.54, 1.807) is 0 Å². The van der Waals surface area contributed by atoms with Gasteiger partial charge in [-0.2, -0.15) is 0 Å². The van der Waals surface area contributed by atoms with Gasteiger partial charge in [0.25, 0.3) is 0 Å². The molecule has 0 aliphatic carbocycles. The molecule has 0 aromatic carbocycles. The molecule has 0 spiro atoms. The maximum Gasteiger partial charge on any atom is 0.237 e. The summed E-state index contributed by atoms with van der Waals surface area (Å²) in [6, 6.07) is 0.298. The van der Waals surface area contributed by atoms with E-state index < -0.39 is 0 Å². The Bertz CT molecular complexity index is 243. The number of carbonyl (C=O) groups excluding carboxylic acids is 1. The molecule has 0 unspecified atom stereocenters. The minimum atomic E-state index is 0.0104. The summed E-state index contributed by atoms with van der Waals surface area (Å²) in [7, 11) is 0. The highest BCUT2D eigenvalue weighted by molar-refractivity contribution is 5.82. The van der Waals surface area contributed by atoms with Gasteiger partial charge in [0.1, 0.15) is 0 Å². The molecule has 0 bridgehead atoms. The van der Waals surface area contributed by atoms with E-state index in [0.717, 1.165) is 19.4 Å². The molecule has 0 aromatic heterocycles. The van der Waals surface area contributed by atoms with Crippen molar-refractivity contribution in [1.82, 2.24) is 10.6 Å². The predicted molar refractivity (Wildman–Crippen MR) is 67.2 cm³/mol. The number of hydrogen-bond donors (Lipinski definition) is 2. The van der Waals surface area contributed by atoms with Crippen molar-refractivity contribution in [3.63, 3.8) is 0 Å². The summed E-state index contributed by atoms with van der Waals surface area (Å²) in [6.45, 7) is 11.8. The Morgan fingerprint density at radius 1 is 1.38 bits per heavy atom. The lowest BCUT2D eigenvalue weighted by atomic mass is 9.87. The summed E-state index contributed by atoms with van der Waals surface area (Å²) in [4.78, 5) is 11.9. The number of amides is 1. The fourth-order valence-corrected chi connectivity index (χ4v) is 2.25. The molecule has 3 nitrogen and oxygen atoms in total. The van der Waals surface area contributed by atoms with Gasteiger partial charge in [-0.25, -0.2) is 0 Å². The zero-order valence-electron chi connectivity index (χ0n) is 11.3. The molecule has 3 heteroatoms. The van der Waals surface area contributed by atoms with Crippen LogP contribution < -0.4 is 10.6 Å². The van der Waals surface area contributed by atoms with Crippen LogP contribution in [0.5, 0.6) is 0 Å². The van der Waals surface area contributed by atoms with Crippen molar-refractivity contribution in [1.29, 1.82) is 0 Å². The van der Waals surface area contributed by atoms with Gasteiger partial charge >= 0.3 is 0 Å². The summed E-state index contributed by atoms with van der Waals surface area (Å²) < 4.78 is 0. The van der Waals surface area contributed by atoms with E-state index in [4.69, 9.17) is 0 Å². The van der Waals surface area contributed by atoms with Crippen molar-refractivity contribution < 1.29 is 4.79 Å². The van der Waals surface area contributed by atoms with Crippen LogP contribution in [-0.4, -0.2) is 24.5 Å². The minimum absolute atomic E-state index is 0.0104. The molecular weight excluding hydrogens is 200 g/mol. The van der Waals surface area contributed by atoms with Crippen LogP contribution >= 0.6 is 0 Å². The molecule has 1 amide bonds. The smallest absolute Gasteiger partial charge is 0.237 e. The maximum atomic E-state index is 11.9. The van der Waals surface area contributed by atoms with Gasteiger partial charge in [0, 0.05) is 12.6 Å². The van der Waals surface area contributed by atoms with Crippen LogP contribution in [0.15, 0.2) is 0 Å². The van der Waals surface area contributed by atoms with Crippen molar-refractivity contribution in [2.24, 2.45) is 11.3 Å². The lowest BCUT2D eigenvalue weighted by Gasteiger charge is -2.34. The monoisotopic (exact) mass is 226 g/mol. The van der Waals surface area contributed by atoms with E-state index >= 15 is 0 Å². The second-order valence-electron chi connectivity index (χ2n) is 6.56. The predicted octanol–water partition coefficient (Wildman–Crippen LogP) is 1.93. The van der Waals surface area contributed by atoms with E-state index in [9.17, 15) is 4.79 Å². The van der Waals surface area contributed by atoms with Crippen LogP contribution in [0, 0.1) is 11.3 Å². The van der Waals surface area contributed by atoms with Gasteiger partial charge in [0.2, 0.25) is 5.91 Å². The lowest BCUT2D eigenvalue weighted by Crippen LogP contribution is -2.59. The number of carbonyl (C=O) groups is 1. The van der Waals surface area contributed by atoms with E-state index in [1.165, 1.54) is 0 Å². The van der Waals surface area contributed by atoms with Crippen LogP contribution in [0.3, 0.4) is 0 Å². The molecule has 0 radical (unpaired) electrons. The third kappa shape index (κ3) is 4.52. The molecule has 0 aromatic rings. The Kier molecular flexibility index (Phi) is 4.36. The number of nitrogens with one attached hydrogen (secondary N) is 2. The molecular formula is C13H26N2O. The standard InChI is InChI=1S/C13H26N2O/c1-9(2)6-11-12(16)15-10(8-14-11)7-13(3,4)5/h9-11,14H,6-8H2,1-5H3,(H,15,16)/t10-,11-/m0/s1. The fourth-order valence-electron chi connectivity index (χ4n) is 2.25. The van der Waals surface area contributed by atoms with Crippen LogP contribution in [0.25, 0.3) is 0 Å². The van der Waals surface area contributed by atoms with Gasteiger partial charge in [0.05, 0.1) is 6.04 Å². The van der Waals surface area contributed by atoms with E-state index in [1.807, 2.05) is 0 Å². The second kappa shape index (κ2) is 5.17. The molecule has 1 aliphatic heterocycles. The first-order valence-electron chi connectivity index (χ1n) is 6.31. The van der Waals surface area contributed by atoms with Gasteiger partial charge in [-0.05, 0) is 24.2 Å². The largest absolute Gasteiger partial charge is 0.351 e. The van der Waals surface area contributed by atoms with Crippen LogP contribution in [-0.2, 0) is 4.79 Å². The average Bonchev–Trinajstić information content (AvgIpc) is 2.06. The van der Waals surface area contributed by atoms with Gasteiger partial charge in [-0.15, -0.1) is 0 Å². The fraction of sp³-hybridized carbons (Fsp3) is 0.923. The summed E-state index contributed by atoms with van der Waals surface area (Å²) in [5.74, 6) is 0.733. The summed E-state index contributed by atoms with van der Waals surface area (Å²) in [5.41, 5.74) is 0.268. The van der Waals surface area contributed by atoms with E-state index in [0.29, 0.717) is 5.92 Å². The first-order valence-corrected chi connectivity index (χ1v) is 6.31. The third-order valence-corrected chi connectivity index (χ3v) is 2.84. The third-order valence-electron chi connectivity index (χ3n) is 2.84. The van der Waals surface area contributed by atoms with Gasteiger partial charge in [0.15, 0.2) is 0 Å². The minimum Gasteiger partial charge on any atom is -0.351 e. The summed E-state index contributed by atoms with van der Waals surface area (Å²) in [5, 5.41) is 6.49. The summed E-state index contributed by atoms with van der Waals surface area (Å²) >= 11 is 0. The molecule has 1 fully saturated rings. The maximum absolute atomic E-state index is 11.9. The molecule has 94 valence electrons. The first-order chi connectivity index (χ1) is 7.28. The quantitative estimate of drug-likeness (QED) is 0.772. The van der Waals surface area contributed by atoms with E-state index in [2.05, 4.69) is 45.3 Å². The normalized spacial score (nSPS) is 27.0. The molecule has 1 heterocycles. The van der Waals surface area contributed by atoms with Crippen LogP contribution in [0.2, 0.25) is 0 Å². The molecule has 16 heavy (non-hydrogen) atoms. The van der Waals surface area contributed by atoms with Crippen molar-refractivity contribution in [3.05, 3.63) is 0 Å². The van der Waals surface area contributed by atoms with E-state index in [-0.39, 0.29) is 23.4 Å². The van der Waals surface area contributed by atoms with Crippen molar-refractivity contribution in [2.45, 2.75) is 59.5 Å². The number of piperazine rings is 1. The highest BCUT2D eigenvalue weighted by atomic mass is 16.2. The highest BCUT2D eigenvalue weighted by Gasteiger charge is 2.29. The Balaban J connectivity index is 2.43. The molecule has 1 rings (SSSR count). The zero-order chi connectivity index (χ0) is 12.3. The topological polar surface area (TPSA) is 41.1 Å². The SMILES string of the molecule is CC(C)C[C@@H]1NC[C@H](CC(C)(C)C)NC1=O. The number of hydrogen-bond acceptors (Lipinski definition) is 2. The Morgan fingerprint density at radius 2 is 2.00 bits per heavy atom. The number of rotatable bonds is 3. The van der Waals surface area contributed by atoms with Crippen LogP contribution in [0.1, 0.15) is 47.5 Å². The molecule has 2 N–H and O–H groups in total. The van der Waals surface area contributed by atoms with Gasteiger partial charge in [-0.1, -0.05) is 34.6 Å². The first kappa shape index (κ1) is 13.5. The average molecular weight is 226 g/mol. The van der Waals surface area contributed by atoms with Crippen LogP contribution in [0.4, 0.5) is 0 Å². The summed E-state index contributed by atoms with van der Waals surface area (Å²) in [6.07, 6.45) is 1.95. The Labute approximate surface area is 99.4 Å².